The first kappa shape index (κ1) is 8.28. The van der Waals surface area contributed by atoms with Crippen molar-refractivity contribution in [1.82, 2.24) is 0 Å². The molecule has 0 aliphatic carbocycles. The van der Waals surface area contributed by atoms with E-state index in [4.69, 9.17) is 0 Å². The van der Waals surface area contributed by atoms with Gasteiger partial charge in [0.2, 0.25) is 0 Å². The minimum atomic E-state index is 0.144. The van der Waals surface area contributed by atoms with Crippen LogP contribution < -0.4 is 0 Å². The van der Waals surface area contributed by atoms with Crippen molar-refractivity contribution in [2.45, 2.75) is 0 Å². The van der Waals surface area contributed by atoms with E-state index >= 15 is 0 Å². The van der Waals surface area contributed by atoms with Gasteiger partial charge in [-0.1, -0.05) is 10.3 Å². The highest BCUT2D eigenvalue weighted by Gasteiger charge is 1.69. The highest BCUT2D eigenvalue weighted by Crippen LogP contribution is 1.65. The normalized spacial score (nSPS) is 10.0. The Bertz CT molecular complexity index is 135. The molecule has 0 unspecified atom stereocenters. The molecule has 0 aliphatic heterocycles. The van der Waals surface area contributed by atoms with Crippen LogP contribution in [0.15, 0.2) is 10.3 Å². The number of carbonyl (C=O) groups is 2. The average molecular weight is 144 g/mol. The van der Waals surface area contributed by atoms with E-state index in [2.05, 4.69) is 20.0 Å². The van der Waals surface area contributed by atoms with E-state index in [1.807, 2.05) is 0 Å². The summed E-state index contributed by atoms with van der Waals surface area (Å²) in [5.41, 5.74) is 0. The molecule has 6 heteroatoms. The third kappa shape index (κ3) is 6.28. The Kier molecular flexibility index (Phi) is 6.03. The standard InChI is InChI=1S/C4H4N2O4/c7-3-9-5-1-2-6-10-4-8/h1-4H/b5-1+,6-2+. The molecular weight excluding hydrogens is 140 g/mol. The second-order valence-corrected chi connectivity index (χ2v) is 0.912. The van der Waals surface area contributed by atoms with E-state index < -0.39 is 0 Å². The summed E-state index contributed by atoms with van der Waals surface area (Å²) in [6.45, 7) is 0.288. The molecule has 0 saturated heterocycles. The number of carbonyl (C=O) groups excluding carboxylic acids is 2. The van der Waals surface area contributed by atoms with Crippen LogP contribution in [-0.2, 0) is 19.3 Å². The van der Waals surface area contributed by atoms with Crippen LogP contribution in [0.3, 0.4) is 0 Å². The highest BCUT2D eigenvalue weighted by atomic mass is 16.7. The topological polar surface area (TPSA) is 77.3 Å². The van der Waals surface area contributed by atoms with E-state index in [1.54, 1.807) is 0 Å². The molecular formula is C4H4N2O4. The summed E-state index contributed by atoms with van der Waals surface area (Å²) in [6, 6.07) is 0. The summed E-state index contributed by atoms with van der Waals surface area (Å²) in [6.07, 6.45) is 2.08. The summed E-state index contributed by atoms with van der Waals surface area (Å²) < 4.78 is 0. The fourth-order valence-corrected chi connectivity index (χ4v) is 0.174. The zero-order valence-electron chi connectivity index (χ0n) is 4.84. The molecule has 0 aromatic heterocycles. The van der Waals surface area contributed by atoms with Crippen molar-refractivity contribution in [2.24, 2.45) is 10.3 Å². The molecule has 0 bridgehead atoms. The first-order valence-corrected chi connectivity index (χ1v) is 2.16. The van der Waals surface area contributed by atoms with Gasteiger partial charge in [0, 0.05) is 0 Å². The van der Waals surface area contributed by atoms with Gasteiger partial charge in [0.25, 0.3) is 0 Å². The lowest BCUT2D eigenvalue weighted by atomic mass is 10.8. The van der Waals surface area contributed by atoms with E-state index in [1.165, 1.54) is 0 Å². The van der Waals surface area contributed by atoms with Gasteiger partial charge in [0.15, 0.2) is 0 Å². The second kappa shape index (κ2) is 7.28. The van der Waals surface area contributed by atoms with E-state index in [0.717, 1.165) is 12.4 Å². The molecule has 0 radical (unpaired) electrons. The third-order valence-corrected chi connectivity index (χ3v) is 0.396. The van der Waals surface area contributed by atoms with Crippen molar-refractivity contribution in [3.63, 3.8) is 0 Å². The van der Waals surface area contributed by atoms with Gasteiger partial charge >= 0.3 is 12.9 Å². The molecule has 0 amide bonds. The Balaban J connectivity index is 3.31. The van der Waals surface area contributed by atoms with Crippen molar-refractivity contribution < 1.29 is 19.3 Å². The summed E-state index contributed by atoms with van der Waals surface area (Å²) in [4.78, 5) is 26.6. The van der Waals surface area contributed by atoms with E-state index in [0.29, 0.717) is 0 Å². The molecule has 0 aliphatic rings. The third-order valence-electron chi connectivity index (χ3n) is 0.396. The summed E-state index contributed by atoms with van der Waals surface area (Å²) in [5, 5.41) is 6.05. The van der Waals surface area contributed by atoms with Gasteiger partial charge in [-0.15, -0.1) is 0 Å². The molecule has 0 fully saturated rings. The minimum Gasteiger partial charge on any atom is -0.322 e. The predicted octanol–water partition coefficient (Wildman–Crippen LogP) is -0.696. The fourth-order valence-electron chi connectivity index (χ4n) is 0.174. The quantitative estimate of drug-likeness (QED) is 0.221. The van der Waals surface area contributed by atoms with Gasteiger partial charge in [0.05, 0.1) is 12.4 Å². The van der Waals surface area contributed by atoms with Gasteiger partial charge in [0.1, 0.15) is 0 Å². The molecule has 0 atom stereocenters. The van der Waals surface area contributed by atoms with E-state index in [9.17, 15) is 9.59 Å². The molecule has 0 saturated carbocycles. The van der Waals surface area contributed by atoms with Crippen LogP contribution >= 0.6 is 0 Å². The smallest absolute Gasteiger partial charge is 0.322 e. The minimum absolute atomic E-state index is 0.144. The van der Waals surface area contributed by atoms with Crippen LogP contribution in [0.2, 0.25) is 0 Å². The monoisotopic (exact) mass is 144 g/mol. The summed E-state index contributed by atoms with van der Waals surface area (Å²) >= 11 is 0. The van der Waals surface area contributed by atoms with Crippen LogP contribution in [-0.4, -0.2) is 25.4 Å². The van der Waals surface area contributed by atoms with Gasteiger partial charge in [-0.25, -0.2) is 0 Å². The first-order valence-electron chi connectivity index (χ1n) is 2.16. The molecule has 0 aromatic rings. The Labute approximate surface area is 56.1 Å². The highest BCUT2D eigenvalue weighted by molar-refractivity contribution is 6.15. The molecule has 0 rings (SSSR count). The lowest BCUT2D eigenvalue weighted by Gasteiger charge is -1.78. The van der Waals surface area contributed by atoms with Crippen LogP contribution in [0.25, 0.3) is 0 Å². The zero-order chi connectivity index (χ0) is 7.66. The van der Waals surface area contributed by atoms with E-state index in [-0.39, 0.29) is 12.9 Å². The number of oxime groups is 2. The molecule has 0 heterocycles. The number of nitrogens with zero attached hydrogens (tertiary/aromatic N) is 2. The Morgan fingerprint density at radius 3 is 1.60 bits per heavy atom. The zero-order valence-corrected chi connectivity index (χ0v) is 4.84. The van der Waals surface area contributed by atoms with Gasteiger partial charge in [-0.3, -0.25) is 9.59 Å². The predicted molar refractivity (Wildman–Crippen MR) is 31.3 cm³/mol. The lowest BCUT2D eigenvalue weighted by Crippen LogP contribution is -1.81. The molecule has 0 spiro atoms. The molecule has 0 N–H and O–H groups in total. The molecule has 6 nitrogen and oxygen atoms in total. The molecule has 10 heavy (non-hydrogen) atoms. The van der Waals surface area contributed by atoms with Gasteiger partial charge < -0.3 is 9.68 Å². The number of rotatable bonds is 5. The number of hydrogen-bond donors (Lipinski definition) is 0. The van der Waals surface area contributed by atoms with Crippen LogP contribution in [0.1, 0.15) is 0 Å². The van der Waals surface area contributed by atoms with Crippen molar-refractivity contribution >= 4 is 25.4 Å². The first-order chi connectivity index (χ1) is 4.91. The Morgan fingerprint density at radius 2 is 1.30 bits per heavy atom. The maximum absolute atomic E-state index is 9.43. The molecule has 0 aromatic carbocycles. The van der Waals surface area contributed by atoms with Gasteiger partial charge in [-0.2, -0.15) is 0 Å². The lowest BCUT2D eigenvalue weighted by molar-refractivity contribution is -0.129. The molecule has 54 valence electrons. The maximum atomic E-state index is 9.43. The Hall–Kier alpha value is -1.72. The van der Waals surface area contributed by atoms with Crippen molar-refractivity contribution in [3.05, 3.63) is 0 Å². The summed E-state index contributed by atoms with van der Waals surface area (Å²) in [5.74, 6) is 0. The Morgan fingerprint density at radius 1 is 0.900 bits per heavy atom. The fraction of sp³-hybridized carbons (Fsp3) is 0. The van der Waals surface area contributed by atoms with Crippen molar-refractivity contribution in [1.29, 1.82) is 0 Å². The van der Waals surface area contributed by atoms with Crippen LogP contribution in [0.4, 0.5) is 0 Å². The van der Waals surface area contributed by atoms with Crippen LogP contribution in [0.5, 0.6) is 0 Å². The second-order valence-electron chi connectivity index (χ2n) is 0.912. The largest absolute Gasteiger partial charge is 0.323 e. The maximum Gasteiger partial charge on any atom is 0.323 e. The average Bonchev–Trinajstić information content (AvgIpc) is 1.97. The summed E-state index contributed by atoms with van der Waals surface area (Å²) in [7, 11) is 0. The number of hydrogen-bond acceptors (Lipinski definition) is 6. The van der Waals surface area contributed by atoms with Crippen molar-refractivity contribution in [3.8, 4) is 0 Å². The van der Waals surface area contributed by atoms with Crippen LogP contribution in [0, 0.1) is 0 Å². The SMILES string of the molecule is O=CO/N=C/C=N/OC=O. The van der Waals surface area contributed by atoms with Crippen molar-refractivity contribution in [2.75, 3.05) is 0 Å². The van der Waals surface area contributed by atoms with Gasteiger partial charge in [-0.05, 0) is 0 Å².